The van der Waals surface area contributed by atoms with Crippen molar-refractivity contribution in [2.45, 2.75) is 57.5 Å². The summed E-state index contributed by atoms with van der Waals surface area (Å²) in [5, 5.41) is 12.4. The van der Waals surface area contributed by atoms with Crippen molar-refractivity contribution in [2.75, 3.05) is 13.2 Å². The van der Waals surface area contributed by atoms with E-state index in [0.29, 0.717) is 12.5 Å². The third-order valence-corrected chi connectivity index (χ3v) is 7.78. The van der Waals surface area contributed by atoms with Crippen molar-refractivity contribution < 1.29 is 4.74 Å². The molecule has 1 N–H and O–H groups in total. The average Bonchev–Trinajstić information content (AvgIpc) is 3.49. The van der Waals surface area contributed by atoms with Crippen LogP contribution in [-0.2, 0) is 19.4 Å². The molecule has 1 aromatic heterocycles. The lowest BCUT2D eigenvalue weighted by Crippen LogP contribution is -2.27. The molecule has 5 heteroatoms. The molecule has 0 saturated heterocycles. The Bertz CT molecular complexity index is 1440. The zero-order chi connectivity index (χ0) is 28.8. The quantitative estimate of drug-likeness (QED) is 0.126. The molecule has 0 spiro atoms. The summed E-state index contributed by atoms with van der Waals surface area (Å²) >= 11 is 0. The van der Waals surface area contributed by atoms with Gasteiger partial charge in [0, 0.05) is 18.2 Å². The molecule has 2 atom stereocenters. The second-order valence-corrected chi connectivity index (χ2v) is 11.0. The molecule has 1 heterocycles. The highest BCUT2D eigenvalue weighted by Gasteiger charge is 2.20. The molecular weight excluding hydrogens is 516 g/mol. The predicted octanol–water partition coefficient (Wildman–Crippen LogP) is 7.80. The fourth-order valence-corrected chi connectivity index (χ4v) is 5.39. The van der Waals surface area contributed by atoms with Crippen LogP contribution < -0.4 is 10.1 Å². The van der Waals surface area contributed by atoms with Crippen molar-refractivity contribution in [1.82, 2.24) is 20.3 Å². The van der Waals surface area contributed by atoms with Crippen molar-refractivity contribution in [3.63, 3.8) is 0 Å². The Morgan fingerprint density at radius 1 is 0.690 bits per heavy atom. The minimum absolute atomic E-state index is 0.283. The van der Waals surface area contributed by atoms with Crippen molar-refractivity contribution in [2.24, 2.45) is 0 Å². The SMILES string of the molecule is CC(c1ccccc1)C(NCCCc1ccc(OCCCCc2cn(Cc3ccccc3)nn2)cc1)c1ccccc1. The molecular formula is C37H42N4O. The van der Waals surface area contributed by atoms with E-state index in [1.54, 1.807) is 0 Å². The lowest BCUT2D eigenvalue weighted by molar-refractivity contribution is 0.306. The van der Waals surface area contributed by atoms with Gasteiger partial charge >= 0.3 is 0 Å². The summed E-state index contributed by atoms with van der Waals surface area (Å²) in [4.78, 5) is 0. The van der Waals surface area contributed by atoms with Gasteiger partial charge in [0.25, 0.3) is 0 Å². The average molecular weight is 559 g/mol. The van der Waals surface area contributed by atoms with Gasteiger partial charge in [-0.2, -0.15) is 0 Å². The third kappa shape index (κ3) is 8.89. The second kappa shape index (κ2) is 15.7. The number of benzene rings is 4. The summed E-state index contributed by atoms with van der Waals surface area (Å²) in [5.74, 6) is 1.32. The number of nitrogens with zero attached hydrogens (tertiary/aromatic N) is 3. The fraction of sp³-hybridized carbons (Fsp3) is 0.297. The van der Waals surface area contributed by atoms with Crippen molar-refractivity contribution in [1.29, 1.82) is 0 Å². The molecule has 5 nitrogen and oxygen atoms in total. The first-order chi connectivity index (χ1) is 20.7. The van der Waals surface area contributed by atoms with Crippen LogP contribution in [0.2, 0.25) is 0 Å². The Kier molecular flexibility index (Phi) is 10.9. The van der Waals surface area contributed by atoms with Gasteiger partial charge in [-0.15, -0.1) is 5.10 Å². The second-order valence-electron chi connectivity index (χ2n) is 11.0. The van der Waals surface area contributed by atoms with Crippen LogP contribution in [0.3, 0.4) is 0 Å². The van der Waals surface area contributed by atoms with E-state index in [4.69, 9.17) is 4.74 Å². The Morgan fingerprint density at radius 3 is 2.07 bits per heavy atom. The van der Waals surface area contributed by atoms with Gasteiger partial charge in [-0.05, 0) is 73.0 Å². The van der Waals surface area contributed by atoms with Crippen LogP contribution in [0.5, 0.6) is 5.75 Å². The van der Waals surface area contributed by atoms with E-state index in [1.807, 2.05) is 16.9 Å². The molecule has 0 saturated carbocycles. The van der Waals surface area contributed by atoms with E-state index < -0.39 is 0 Å². The van der Waals surface area contributed by atoms with Crippen LogP contribution in [0.4, 0.5) is 0 Å². The number of aryl methyl sites for hydroxylation is 2. The summed E-state index contributed by atoms with van der Waals surface area (Å²) in [5.41, 5.74) is 6.31. The highest BCUT2D eigenvalue weighted by Crippen LogP contribution is 2.30. The highest BCUT2D eigenvalue weighted by molar-refractivity contribution is 5.29. The standard InChI is InChI=1S/C37H42N4O/c1-30(33-17-7-3-8-18-33)37(34-19-9-4-10-20-34)38-26-13-16-31-22-24-36(25-23-31)42-27-12-11-21-35-29-41(40-39-35)28-32-14-5-2-6-15-32/h2-10,14-15,17-20,22-25,29-30,37-38H,11-13,16,21,26-28H2,1H3. The molecule has 0 amide bonds. The minimum Gasteiger partial charge on any atom is -0.494 e. The van der Waals surface area contributed by atoms with Gasteiger partial charge < -0.3 is 10.1 Å². The zero-order valence-electron chi connectivity index (χ0n) is 24.6. The number of aromatic nitrogens is 3. The van der Waals surface area contributed by atoms with Gasteiger partial charge in [0.05, 0.1) is 18.8 Å². The van der Waals surface area contributed by atoms with Gasteiger partial charge in [-0.1, -0.05) is 115 Å². The maximum Gasteiger partial charge on any atom is 0.119 e. The summed E-state index contributed by atoms with van der Waals surface area (Å²) in [6.07, 6.45) is 7.11. The van der Waals surface area contributed by atoms with Crippen LogP contribution in [0.25, 0.3) is 0 Å². The van der Waals surface area contributed by atoms with Crippen molar-refractivity contribution in [3.8, 4) is 5.75 Å². The molecule has 0 bridgehead atoms. The molecule has 0 aliphatic carbocycles. The molecule has 0 aliphatic rings. The Balaban J connectivity index is 0.998. The van der Waals surface area contributed by atoms with E-state index >= 15 is 0 Å². The van der Waals surface area contributed by atoms with E-state index in [0.717, 1.165) is 56.6 Å². The van der Waals surface area contributed by atoms with Gasteiger partial charge in [-0.3, -0.25) is 0 Å². The molecule has 5 aromatic rings. The largest absolute Gasteiger partial charge is 0.494 e. The van der Waals surface area contributed by atoms with E-state index in [-0.39, 0.29) is 6.04 Å². The van der Waals surface area contributed by atoms with Crippen LogP contribution in [0.15, 0.2) is 121 Å². The number of ether oxygens (including phenoxy) is 1. The van der Waals surface area contributed by atoms with Gasteiger partial charge in [-0.25, -0.2) is 4.68 Å². The predicted molar refractivity (Wildman–Crippen MR) is 171 cm³/mol. The molecule has 4 aromatic carbocycles. The maximum atomic E-state index is 6.00. The Hall–Kier alpha value is -4.22. The van der Waals surface area contributed by atoms with E-state index in [9.17, 15) is 0 Å². The topological polar surface area (TPSA) is 52.0 Å². The van der Waals surface area contributed by atoms with Crippen LogP contribution >= 0.6 is 0 Å². The minimum atomic E-state index is 0.283. The van der Waals surface area contributed by atoms with Crippen LogP contribution in [0, 0.1) is 0 Å². The maximum absolute atomic E-state index is 6.00. The summed E-state index contributed by atoms with van der Waals surface area (Å²) in [7, 11) is 0. The highest BCUT2D eigenvalue weighted by atomic mass is 16.5. The lowest BCUT2D eigenvalue weighted by Gasteiger charge is -2.26. The molecule has 42 heavy (non-hydrogen) atoms. The fourth-order valence-electron chi connectivity index (χ4n) is 5.39. The van der Waals surface area contributed by atoms with Gasteiger partial charge in [0.15, 0.2) is 0 Å². The van der Waals surface area contributed by atoms with Crippen molar-refractivity contribution in [3.05, 3.63) is 149 Å². The number of hydrogen-bond acceptors (Lipinski definition) is 4. The molecule has 5 rings (SSSR count). The Labute approximate surface area is 250 Å². The normalized spacial score (nSPS) is 12.6. The number of hydrogen-bond donors (Lipinski definition) is 1. The first-order valence-electron chi connectivity index (χ1n) is 15.2. The van der Waals surface area contributed by atoms with Crippen LogP contribution in [-0.4, -0.2) is 28.1 Å². The molecule has 2 unspecified atom stereocenters. The van der Waals surface area contributed by atoms with Crippen LogP contribution in [0.1, 0.15) is 66.1 Å². The van der Waals surface area contributed by atoms with E-state index in [1.165, 1.54) is 22.3 Å². The molecule has 0 aliphatic heterocycles. The summed E-state index contributed by atoms with van der Waals surface area (Å²) in [6.45, 7) is 4.75. The molecule has 0 radical (unpaired) electrons. The summed E-state index contributed by atoms with van der Waals surface area (Å²) < 4.78 is 7.91. The zero-order valence-corrected chi connectivity index (χ0v) is 24.6. The smallest absolute Gasteiger partial charge is 0.119 e. The van der Waals surface area contributed by atoms with E-state index in [2.05, 4.69) is 132 Å². The third-order valence-electron chi connectivity index (χ3n) is 7.78. The number of nitrogens with one attached hydrogen (secondary N) is 1. The first kappa shape index (κ1) is 29.3. The number of rotatable bonds is 16. The van der Waals surface area contributed by atoms with Crippen molar-refractivity contribution >= 4 is 0 Å². The van der Waals surface area contributed by atoms with Gasteiger partial charge in [0.1, 0.15) is 5.75 Å². The number of unbranched alkanes of at least 4 members (excludes halogenated alkanes) is 1. The monoisotopic (exact) mass is 558 g/mol. The summed E-state index contributed by atoms with van der Waals surface area (Å²) in [6, 6.07) is 40.8. The van der Waals surface area contributed by atoms with Gasteiger partial charge in [0.2, 0.25) is 0 Å². The first-order valence-corrected chi connectivity index (χ1v) is 15.2. The lowest BCUT2D eigenvalue weighted by atomic mass is 9.88. The Morgan fingerprint density at radius 2 is 1.36 bits per heavy atom. The molecule has 216 valence electrons. The molecule has 0 fully saturated rings.